The number of carbonyl (C=O) groups is 3. The van der Waals surface area contributed by atoms with Gasteiger partial charge >= 0.3 is 0 Å². The van der Waals surface area contributed by atoms with E-state index in [1.807, 2.05) is 35.2 Å². The summed E-state index contributed by atoms with van der Waals surface area (Å²) in [5.74, 6) is -1.50. The predicted octanol–water partition coefficient (Wildman–Crippen LogP) is 5.28. The van der Waals surface area contributed by atoms with Crippen LogP contribution in [0.3, 0.4) is 0 Å². The van der Waals surface area contributed by atoms with Crippen molar-refractivity contribution >= 4 is 45.4 Å². The second-order valence-corrected chi connectivity index (χ2v) is 16.8. The van der Waals surface area contributed by atoms with Crippen LogP contribution in [0.1, 0.15) is 59.4 Å². The summed E-state index contributed by atoms with van der Waals surface area (Å²) in [5, 5.41) is 9.62. The molecule has 1 aromatic carbocycles. The molecule has 3 unspecified atom stereocenters. The van der Waals surface area contributed by atoms with Gasteiger partial charge in [0.2, 0.25) is 17.7 Å². The molecule has 3 fully saturated rings. The number of hydrogen-bond acceptors (Lipinski definition) is 5. The highest BCUT2D eigenvalue weighted by molar-refractivity contribution is 9.09. The number of thioether (sulfide) groups is 1. The fraction of sp³-hybridized carbons (Fsp3) is 0.618. The first-order chi connectivity index (χ1) is 20.2. The molecule has 4 rings (SSSR count). The molecule has 1 spiro atoms. The number of aliphatic hydroxyl groups excluding tert-OH is 1. The van der Waals surface area contributed by atoms with E-state index in [-0.39, 0.29) is 46.4 Å². The second-order valence-electron chi connectivity index (χ2n) is 14.1. The highest BCUT2D eigenvalue weighted by Crippen LogP contribution is 2.68. The van der Waals surface area contributed by atoms with Crippen LogP contribution >= 0.6 is 27.7 Å². The molecule has 2 bridgehead atoms. The van der Waals surface area contributed by atoms with Crippen molar-refractivity contribution in [3.63, 3.8) is 0 Å². The van der Waals surface area contributed by atoms with Gasteiger partial charge in [-0.15, -0.1) is 24.9 Å². The standard InChI is InChI=1S/C34H48BrN3O4S/c1-8-16-36(21-23-14-11-10-12-15-23)29(40)25-26-30(41)37(18-13-19-39)28(34(26)20-24(35)27(25)43-34)31(42)38(17-9-2)33(6,7)22-32(3,4)5/h8-12,14-15,24-28,39H,1-2,13,16-22H2,3-7H3/t24?,25-,26+,27-,28?,34?/m1/s1. The van der Waals surface area contributed by atoms with Gasteiger partial charge in [0, 0.05) is 48.4 Å². The van der Waals surface area contributed by atoms with Gasteiger partial charge in [-0.2, -0.15) is 0 Å². The van der Waals surface area contributed by atoms with Gasteiger partial charge in [-0.25, -0.2) is 0 Å². The van der Waals surface area contributed by atoms with Gasteiger partial charge in [-0.05, 0) is 44.1 Å². The number of carbonyl (C=O) groups excluding carboxylic acids is 3. The highest BCUT2D eigenvalue weighted by Gasteiger charge is 2.76. The van der Waals surface area contributed by atoms with Crippen molar-refractivity contribution in [3.05, 3.63) is 61.2 Å². The molecule has 0 aliphatic carbocycles. The number of benzene rings is 1. The molecular weight excluding hydrogens is 626 g/mol. The molecule has 43 heavy (non-hydrogen) atoms. The Morgan fingerprint density at radius 3 is 2.35 bits per heavy atom. The minimum absolute atomic E-state index is 0.0127. The number of amides is 3. The molecule has 6 atom stereocenters. The zero-order valence-electron chi connectivity index (χ0n) is 26.3. The van der Waals surface area contributed by atoms with E-state index in [0.29, 0.717) is 32.5 Å². The summed E-state index contributed by atoms with van der Waals surface area (Å²) in [5.41, 5.74) is 0.485. The topological polar surface area (TPSA) is 81.2 Å². The summed E-state index contributed by atoms with van der Waals surface area (Å²) >= 11 is 5.54. The van der Waals surface area contributed by atoms with Gasteiger partial charge in [0.1, 0.15) is 6.04 Å². The Morgan fingerprint density at radius 2 is 1.77 bits per heavy atom. The molecule has 3 heterocycles. The van der Waals surface area contributed by atoms with Gasteiger partial charge in [-0.3, -0.25) is 14.4 Å². The van der Waals surface area contributed by atoms with Crippen LogP contribution in [0.5, 0.6) is 0 Å². The Balaban J connectivity index is 1.76. The lowest BCUT2D eigenvalue weighted by molar-refractivity contribution is -0.147. The van der Waals surface area contributed by atoms with Gasteiger partial charge in [0.05, 0.1) is 16.6 Å². The maximum Gasteiger partial charge on any atom is 0.247 e. The normalized spacial score (nSPS) is 28.1. The third-order valence-electron chi connectivity index (χ3n) is 9.01. The van der Waals surface area contributed by atoms with Crippen molar-refractivity contribution in [2.24, 2.45) is 17.3 Å². The van der Waals surface area contributed by atoms with Crippen molar-refractivity contribution < 1.29 is 19.5 Å². The third kappa shape index (κ3) is 6.50. The molecular formula is C34H48BrN3O4S. The van der Waals surface area contributed by atoms with E-state index in [0.717, 1.165) is 12.0 Å². The van der Waals surface area contributed by atoms with E-state index in [1.165, 1.54) is 0 Å². The van der Waals surface area contributed by atoms with Crippen molar-refractivity contribution in [1.29, 1.82) is 0 Å². The van der Waals surface area contributed by atoms with E-state index in [1.54, 1.807) is 33.7 Å². The number of fused-ring (bicyclic) bond motifs is 1. The van der Waals surface area contributed by atoms with Crippen LogP contribution in [0.25, 0.3) is 0 Å². The Labute approximate surface area is 270 Å². The van der Waals surface area contributed by atoms with E-state index < -0.39 is 28.2 Å². The quantitative estimate of drug-likeness (QED) is 0.228. The molecule has 3 amide bonds. The zero-order chi connectivity index (χ0) is 31.7. The first-order valence-electron chi connectivity index (χ1n) is 15.3. The van der Waals surface area contributed by atoms with Crippen LogP contribution in [0.4, 0.5) is 0 Å². The second kappa shape index (κ2) is 13.1. The lowest BCUT2D eigenvalue weighted by Crippen LogP contribution is -2.60. The monoisotopic (exact) mass is 673 g/mol. The van der Waals surface area contributed by atoms with Crippen LogP contribution in [-0.4, -0.2) is 90.2 Å². The maximum absolute atomic E-state index is 14.9. The number of alkyl halides is 1. The molecule has 0 radical (unpaired) electrons. The molecule has 3 aliphatic rings. The Hall–Kier alpha value is -2.10. The molecule has 0 aromatic heterocycles. The summed E-state index contributed by atoms with van der Waals surface area (Å²) in [6, 6.07) is 9.11. The number of halogens is 1. The van der Waals surface area contributed by atoms with Gasteiger partial charge in [-0.1, -0.05) is 79.2 Å². The number of aliphatic hydroxyl groups is 1. The van der Waals surface area contributed by atoms with Crippen LogP contribution in [-0.2, 0) is 20.9 Å². The van der Waals surface area contributed by atoms with Gasteiger partial charge in [0.15, 0.2) is 0 Å². The largest absolute Gasteiger partial charge is 0.396 e. The SMILES string of the molecule is C=CCN(Cc1ccccc1)C(=O)[C@H]1[C@@H]2SC3(CC2Br)C(C(=O)N(CC=C)C(C)(C)CC(C)(C)C)N(CCCO)C(=O)[C@H]13. The van der Waals surface area contributed by atoms with E-state index >= 15 is 0 Å². The highest BCUT2D eigenvalue weighted by atomic mass is 79.9. The van der Waals surface area contributed by atoms with Crippen molar-refractivity contribution in [2.45, 2.75) is 86.8 Å². The van der Waals surface area contributed by atoms with Crippen LogP contribution in [0.15, 0.2) is 55.6 Å². The van der Waals surface area contributed by atoms with E-state index in [4.69, 9.17) is 0 Å². The smallest absolute Gasteiger partial charge is 0.247 e. The maximum atomic E-state index is 14.9. The van der Waals surface area contributed by atoms with Crippen molar-refractivity contribution in [2.75, 3.05) is 26.2 Å². The first-order valence-corrected chi connectivity index (χ1v) is 17.1. The van der Waals surface area contributed by atoms with E-state index in [2.05, 4.69) is 63.7 Å². The molecule has 1 aromatic rings. The Bertz CT molecular complexity index is 1220. The number of hydrogen-bond donors (Lipinski definition) is 1. The van der Waals surface area contributed by atoms with E-state index in [9.17, 15) is 19.5 Å². The molecule has 3 saturated heterocycles. The number of rotatable bonds is 13. The minimum atomic E-state index is -0.743. The zero-order valence-corrected chi connectivity index (χ0v) is 28.7. The average molecular weight is 675 g/mol. The summed E-state index contributed by atoms with van der Waals surface area (Å²) in [7, 11) is 0. The molecule has 1 N–H and O–H groups in total. The van der Waals surface area contributed by atoms with Crippen LogP contribution < -0.4 is 0 Å². The average Bonchev–Trinajstić information content (AvgIpc) is 3.52. The Kier molecular flexibility index (Phi) is 10.3. The summed E-state index contributed by atoms with van der Waals surface area (Å²) < 4.78 is -0.743. The van der Waals surface area contributed by atoms with Gasteiger partial charge < -0.3 is 19.8 Å². The Morgan fingerprint density at radius 1 is 1.12 bits per heavy atom. The first kappa shape index (κ1) is 33.8. The molecule has 0 saturated carbocycles. The summed E-state index contributed by atoms with van der Waals surface area (Å²) in [6.07, 6.45) is 5.23. The van der Waals surface area contributed by atoms with Gasteiger partial charge in [0.25, 0.3) is 0 Å². The van der Waals surface area contributed by atoms with Crippen molar-refractivity contribution in [1.82, 2.24) is 14.7 Å². The number of likely N-dealkylation sites (tertiary alicyclic amines) is 1. The molecule has 9 heteroatoms. The fourth-order valence-corrected chi connectivity index (χ4v) is 11.5. The summed E-state index contributed by atoms with van der Waals surface area (Å²) in [6.45, 7) is 19.8. The summed E-state index contributed by atoms with van der Waals surface area (Å²) in [4.78, 5) is 49.1. The molecule has 236 valence electrons. The van der Waals surface area contributed by atoms with Crippen LogP contribution in [0, 0.1) is 17.3 Å². The lowest BCUT2D eigenvalue weighted by Gasteiger charge is -2.46. The predicted molar refractivity (Wildman–Crippen MR) is 178 cm³/mol. The molecule has 7 nitrogen and oxygen atoms in total. The van der Waals surface area contributed by atoms with Crippen molar-refractivity contribution in [3.8, 4) is 0 Å². The fourth-order valence-electron chi connectivity index (χ4n) is 7.88. The molecule has 3 aliphatic heterocycles. The third-order valence-corrected chi connectivity index (χ3v) is 12.2. The van der Waals surface area contributed by atoms with Crippen LogP contribution in [0.2, 0.25) is 0 Å². The lowest BCUT2D eigenvalue weighted by atomic mass is 9.70. The number of nitrogens with zero attached hydrogens (tertiary/aromatic N) is 3. The minimum Gasteiger partial charge on any atom is -0.396 e.